The predicted molar refractivity (Wildman–Crippen MR) is 82.0 cm³/mol. The maximum Gasteiger partial charge on any atom is 0.269 e. The lowest BCUT2D eigenvalue weighted by Gasteiger charge is -1.99. The topological polar surface area (TPSA) is 60.2 Å². The quantitative estimate of drug-likeness (QED) is 0.476. The van der Waals surface area contributed by atoms with Crippen LogP contribution in [0.3, 0.4) is 0 Å². The smallest absolute Gasteiger partial charge is 0.269 e. The van der Waals surface area contributed by atoms with Gasteiger partial charge in [0, 0.05) is 18.6 Å². The van der Waals surface area contributed by atoms with Gasteiger partial charge in [-0.1, -0.05) is 35.9 Å². The molecule has 0 saturated carbocycles. The monoisotopic (exact) mass is 281 g/mol. The van der Waals surface area contributed by atoms with E-state index in [0.29, 0.717) is 6.42 Å². The average molecular weight is 281 g/mol. The molecule has 0 N–H and O–H groups in total. The lowest BCUT2D eigenvalue weighted by atomic mass is 10.1. The number of nitrogens with zero attached hydrogens (tertiary/aromatic N) is 1. The number of allylic oxidation sites excluding steroid dienone is 1. The molecule has 0 fully saturated rings. The van der Waals surface area contributed by atoms with Gasteiger partial charge in [0.2, 0.25) is 0 Å². The Kier molecular flexibility index (Phi) is 4.61. The zero-order valence-corrected chi connectivity index (χ0v) is 11.7. The van der Waals surface area contributed by atoms with Crippen molar-refractivity contribution in [1.82, 2.24) is 0 Å². The molecule has 106 valence electrons. The highest BCUT2D eigenvalue weighted by atomic mass is 16.6. The van der Waals surface area contributed by atoms with Crippen molar-refractivity contribution in [1.29, 1.82) is 0 Å². The molecule has 0 amide bonds. The molecule has 0 saturated heterocycles. The molecule has 21 heavy (non-hydrogen) atoms. The molecule has 2 aromatic carbocycles. The number of ketones is 1. The normalized spacial score (nSPS) is 10.7. The summed E-state index contributed by atoms with van der Waals surface area (Å²) in [7, 11) is 0. The Hall–Kier alpha value is -2.75. The minimum Gasteiger partial charge on any atom is -0.294 e. The van der Waals surface area contributed by atoms with Crippen LogP contribution in [-0.4, -0.2) is 10.7 Å². The Labute approximate surface area is 122 Å². The maximum atomic E-state index is 11.9. The third kappa shape index (κ3) is 4.38. The summed E-state index contributed by atoms with van der Waals surface area (Å²) in [6, 6.07) is 13.9. The first-order valence-corrected chi connectivity index (χ1v) is 6.55. The van der Waals surface area contributed by atoms with E-state index in [2.05, 4.69) is 0 Å². The van der Waals surface area contributed by atoms with Crippen LogP contribution in [-0.2, 0) is 11.2 Å². The summed E-state index contributed by atoms with van der Waals surface area (Å²) in [5, 5.41) is 10.5. The number of hydrogen-bond acceptors (Lipinski definition) is 3. The van der Waals surface area contributed by atoms with Crippen LogP contribution < -0.4 is 0 Å². The van der Waals surface area contributed by atoms with Gasteiger partial charge < -0.3 is 0 Å². The van der Waals surface area contributed by atoms with Crippen molar-refractivity contribution >= 4 is 17.5 Å². The number of rotatable bonds is 5. The summed E-state index contributed by atoms with van der Waals surface area (Å²) in [6.07, 6.45) is 3.52. The van der Waals surface area contributed by atoms with Gasteiger partial charge in [-0.25, -0.2) is 0 Å². The number of carbonyl (C=O) groups excluding carboxylic acids is 1. The average Bonchev–Trinajstić information content (AvgIpc) is 2.45. The molecule has 0 spiro atoms. The van der Waals surface area contributed by atoms with Crippen LogP contribution in [0.15, 0.2) is 54.6 Å². The van der Waals surface area contributed by atoms with E-state index in [1.54, 1.807) is 18.2 Å². The third-order valence-corrected chi connectivity index (χ3v) is 3.03. The summed E-state index contributed by atoms with van der Waals surface area (Å²) >= 11 is 0. The fourth-order valence-corrected chi connectivity index (χ4v) is 1.98. The van der Waals surface area contributed by atoms with Crippen LogP contribution in [0.1, 0.15) is 16.7 Å². The Morgan fingerprint density at radius 1 is 1.19 bits per heavy atom. The van der Waals surface area contributed by atoms with Crippen molar-refractivity contribution in [2.45, 2.75) is 13.3 Å². The van der Waals surface area contributed by atoms with Gasteiger partial charge in [0.05, 0.1) is 4.92 Å². The first-order valence-electron chi connectivity index (χ1n) is 6.55. The first-order chi connectivity index (χ1) is 10.0. The summed E-state index contributed by atoms with van der Waals surface area (Å²) in [6.45, 7) is 1.99. The predicted octanol–water partition coefficient (Wildman–Crippen LogP) is 3.73. The Bertz CT molecular complexity index is 687. The number of aryl methyl sites for hydroxylation is 1. The molecule has 0 unspecified atom stereocenters. The highest BCUT2D eigenvalue weighted by molar-refractivity contribution is 5.95. The van der Waals surface area contributed by atoms with Crippen LogP contribution in [0, 0.1) is 17.0 Å². The largest absolute Gasteiger partial charge is 0.294 e. The molecule has 0 aliphatic heterocycles. The fraction of sp³-hybridized carbons (Fsp3) is 0.118. The van der Waals surface area contributed by atoms with E-state index in [0.717, 1.165) is 16.7 Å². The van der Waals surface area contributed by atoms with Crippen molar-refractivity contribution in [3.05, 3.63) is 81.4 Å². The molecule has 0 aliphatic rings. The van der Waals surface area contributed by atoms with Crippen molar-refractivity contribution < 1.29 is 9.72 Å². The second-order valence-electron chi connectivity index (χ2n) is 4.81. The van der Waals surface area contributed by atoms with Crippen molar-refractivity contribution in [2.24, 2.45) is 0 Å². The summed E-state index contributed by atoms with van der Waals surface area (Å²) < 4.78 is 0. The number of nitro groups is 1. The third-order valence-electron chi connectivity index (χ3n) is 3.03. The van der Waals surface area contributed by atoms with Crippen LogP contribution in [0.4, 0.5) is 5.69 Å². The summed E-state index contributed by atoms with van der Waals surface area (Å²) in [5.74, 6) is -0.000970. The molecule has 0 heterocycles. The Morgan fingerprint density at radius 2 is 1.90 bits per heavy atom. The van der Waals surface area contributed by atoms with Gasteiger partial charge in [-0.2, -0.15) is 0 Å². The van der Waals surface area contributed by atoms with Crippen molar-refractivity contribution in [3.8, 4) is 0 Å². The standard InChI is InChI=1S/C17H15NO3/c1-13-3-2-4-15(11-13)12-17(19)10-7-14-5-8-16(9-6-14)18(20)21/h2-11H,12H2,1H3/b10-7+. The lowest BCUT2D eigenvalue weighted by Crippen LogP contribution is -1.98. The van der Waals surface area contributed by atoms with Crippen molar-refractivity contribution in [2.75, 3.05) is 0 Å². The van der Waals surface area contributed by atoms with Gasteiger partial charge in [0.15, 0.2) is 5.78 Å². The second kappa shape index (κ2) is 6.61. The van der Waals surface area contributed by atoms with Gasteiger partial charge >= 0.3 is 0 Å². The highest BCUT2D eigenvalue weighted by Gasteiger charge is 2.03. The highest BCUT2D eigenvalue weighted by Crippen LogP contribution is 2.13. The summed E-state index contributed by atoms with van der Waals surface area (Å²) in [5.41, 5.74) is 2.91. The second-order valence-corrected chi connectivity index (χ2v) is 4.81. The molecular weight excluding hydrogens is 266 g/mol. The molecule has 0 aromatic heterocycles. The first kappa shape index (κ1) is 14.7. The minimum atomic E-state index is -0.448. The van der Waals surface area contributed by atoms with Crippen LogP contribution >= 0.6 is 0 Å². The number of carbonyl (C=O) groups is 1. The van der Waals surface area contributed by atoms with Crippen molar-refractivity contribution in [3.63, 3.8) is 0 Å². The molecule has 0 bridgehead atoms. The molecule has 2 rings (SSSR count). The van der Waals surface area contributed by atoms with Crippen LogP contribution in [0.2, 0.25) is 0 Å². The minimum absolute atomic E-state index is 0.000970. The van der Waals surface area contributed by atoms with Crippen LogP contribution in [0.5, 0.6) is 0 Å². The maximum absolute atomic E-state index is 11.9. The molecule has 2 aromatic rings. The number of benzene rings is 2. The SMILES string of the molecule is Cc1cccc(CC(=O)/C=C/c2ccc([N+](=O)[O-])cc2)c1. The molecule has 4 nitrogen and oxygen atoms in total. The number of hydrogen-bond donors (Lipinski definition) is 0. The van der Waals surface area contributed by atoms with Gasteiger partial charge in [0.1, 0.15) is 0 Å². The zero-order valence-electron chi connectivity index (χ0n) is 11.7. The molecule has 0 aliphatic carbocycles. The fourth-order valence-electron chi connectivity index (χ4n) is 1.98. The van der Waals surface area contributed by atoms with Gasteiger partial charge in [-0.15, -0.1) is 0 Å². The van der Waals surface area contributed by atoms with Gasteiger partial charge in [-0.05, 0) is 36.3 Å². The van der Waals surface area contributed by atoms with E-state index >= 15 is 0 Å². The van der Waals surface area contributed by atoms with E-state index in [-0.39, 0.29) is 11.5 Å². The van der Waals surface area contributed by atoms with E-state index < -0.39 is 4.92 Å². The van der Waals surface area contributed by atoms with E-state index in [1.165, 1.54) is 18.2 Å². The molecular formula is C17H15NO3. The van der Waals surface area contributed by atoms with Crippen LogP contribution in [0.25, 0.3) is 6.08 Å². The molecule has 0 atom stereocenters. The Morgan fingerprint density at radius 3 is 2.52 bits per heavy atom. The lowest BCUT2D eigenvalue weighted by molar-refractivity contribution is -0.384. The van der Waals surface area contributed by atoms with Gasteiger partial charge in [0.25, 0.3) is 5.69 Å². The van der Waals surface area contributed by atoms with E-state index in [4.69, 9.17) is 0 Å². The van der Waals surface area contributed by atoms with E-state index in [9.17, 15) is 14.9 Å². The van der Waals surface area contributed by atoms with E-state index in [1.807, 2.05) is 31.2 Å². The number of non-ortho nitro benzene ring substituents is 1. The summed E-state index contributed by atoms with van der Waals surface area (Å²) in [4.78, 5) is 22.0. The molecule has 0 radical (unpaired) electrons. The zero-order chi connectivity index (χ0) is 15.2. The molecule has 4 heteroatoms. The van der Waals surface area contributed by atoms with Gasteiger partial charge in [-0.3, -0.25) is 14.9 Å². The number of nitro benzene ring substituents is 1. The Balaban J connectivity index is 2.00.